The second-order valence-corrected chi connectivity index (χ2v) is 8.57. The fourth-order valence-corrected chi connectivity index (χ4v) is 3.22. The van der Waals surface area contributed by atoms with E-state index < -0.39 is 72.5 Å². The summed E-state index contributed by atoms with van der Waals surface area (Å²) in [5, 5.41) is 9.19. The van der Waals surface area contributed by atoms with Gasteiger partial charge < -0.3 is 5.11 Å². The van der Waals surface area contributed by atoms with Crippen molar-refractivity contribution in [3.05, 3.63) is 0 Å². The van der Waals surface area contributed by atoms with Crippen molar-refractivity contribution in [1.29, 1.82) is 0 Å². The molecule has 1 nitrogen and oxygen atoms in total. The Morgan fingerprint density at radius 3 is 1.10 bits per heavy atom. The minimum Gasteiger partial charge on any atom is -0.387 e. The van der Waals surface area contributed by atoms with Crippen LogP contribution in [0.1, 0.15) is 58.3 Å². The topological polar surface area (TPSA) is 20.2 Å². The third kappa shape index (κ3) is 5.99. The number of rotatable bonds is 15. The van der Waals surface area contributed by atoms with Gasteiger partial charge in [-0.1, -0.05) is 51.9 Å². The summed E-state index contributed by atoms with van der Waals surface area (Å²) in [4.78, 5) is 0. The van der Waals surface area contributed by atoms with Gasteiger partial charge in [0.15, 0.2) is 0 Å². The molecule has 1 atom stereocenters. The van der Waals surface area contributed by atoms with E-state index in [4.69, 9.17) is 0 Å². The molecule has 0 aliphatic carbocycles. The maximum Gasteiger partial charge on any atom is 0.438 e. The maximum absolute atomic E-state index is 13.9. The third-order valence-electron chi connectivity index (χ3n) is 5.71. The summed E-state index contributed by atoms with van der Waals surface area (Å²) in [5.41, 5.74) is -8.76. The summed E-state index contributed by atoms with van der Waals surface area (Å²) in [7, 11) is 0. The molecule has 0 saturated heterocycles. The number of aliphatic hydroxyl groups excluding tert-OH is 1. The van der Waals surface area contributed by atoms with E-state index in [-0.39, 0.29) is 12.8 Å². The van der Waals surface area contributed by atoms with E-state index >= 15 is 0 Å². The highest BCUT2D eigenvalue weighted by atomic mass is 19.4. The molecule has 0 aliphatic rings. The SMILES string of the molecule is CCCCCCCCCC(O)C(F)(F)C(F)(F)C(F)(F)C(F)(F)C(F)(F)C(F)(F)C(F)(C(F)(F)F)C(F)(F)F. The van der Waals surface area contributed by atoms with Crippen molar-refractivity contribution < 1.29 is 88.5 Å². The summed E-state index contributed by atoms with van der Waals surface area (Å²) in [6.45, 7) is 1.80. The molecule has 0 aromatic rings. The molecule has 0 rings (SSSR count). The van der Waals surface area contributed by atoms with Crippen LogP contribution in [0.5, 0.6) is 0 Å². The normalized spacial score (nSPS) is 16.5. The van der Waals surface area contributed by atoms with Gasteiger partial charge in [0, 0.05) is 0 Å². The van der Waals surface area contributed by atoms with Gasteiger partial charge in [-0.3, -0.25) is 0 Å². The molecule has 0 bridgehead atoms. The molecular formula is C19H21F19O. The Hall–Kier alpha value is -1.37. The van der Waals surface area contributed by atoms with Crippen molar-refractivity contribution in [3.8, 4) is 0 Å². The van der Waals surface area contributed by atoms with Gasteiger partial charge in [-0.15, -0.1) is 0 Å². The molecule has 0 spiro atoms. The lowest BCUT2D eigenvalue weighted by molar-refractivity contribution is -0.474. The highest BCUT2D eigenvalue weighted by Gasteiger charge is 2.98. The zero-order valence-corrected chi connectivity index (χ0v) is 19.4. The van der Waals surface area contributed by atoms with E-state index in [1.54, 1.807) is 6.92 Å². The van der Waals surface area contributed by atoms with Gasteiger partial charge in [0.25, 0.3) is 0 Å². The molecule has 0 aromatic heterocycles. The van der Waals surface area contributed by atoms with Crippen LogP contribution in [0.2, 0.25) is 0 Å². The van der Waals surface area contributed by atoms with E-state index in [0.717, 1.165) is 12.8 Å². The number of unbranched alkanes of at least 4 members (excludes halogenated alkanes) is 6. The highest BCUT2D eigenvalue weighted by molar-refractivity contribution is 5.19. The van der Waals surface area contributed by atoms with Crippen LogP contribution in [0, 0.1) is 0 Å². The Kier molecular flexibility index (Phi) is 11.1. The molecule has 1 unspecified atom stereocenters. The smallest absolute Gasteiger partial charge is 0.387 e. The lowest BCUT2D eigenvalue weighted by Crippen LogP contribution is -2.78. The van der Waals surface area contributed by atoms with Gasteiger partial charge >= 0.3 is 53.6 Å². The zero-order valence-electron chi connectivity index (χ0n) is 19.4. The lowest BCUT2D eigenvalue weighted by atomic mass is 9.83. The predicted molar refractivity (Wildman–Crippen MR) is 94.2 cm³/mol. The fraction of sp³-hybridized carbons (Fsp3) is 1.00. The second-order valence-electron chi connectivity index (χ2n) is 8.57. The van der Waals surface area contributed by atoms with E-state index in [9.17, 15) is 88.5 Å². The van der Waals surface area contributed by atoms with E-state index in [1.807, 2.05) is 0 Å². The minimum atomic E-state index is -9.05. The van der Waals surface area contributed by atoms with Crippen LogP contribution < -0.4 is 0 Å². The van der Waals surface area contributed by atoms with Gasteiger partial charge in [0.2, 0.25) is 0 Å². The van der Waals surface area contributed by atoms with Crippen molar-refractivity contribution in [3.63, 3.8) is 0 Å². The monoisotopic (exact) mass is 626 g/mol. The molecule has 0 heterocycles. The number of halogens is 19. The number of hydrogen-bond acceptors (Lipinski definition) is 1. The average Bonchev–Trinajstić information content (AvgIpc) is 2.75. The van der Waals surface area contributed by atoms with Crippen molar-refractivity contribution in [2.75, 3.05) is 0 Å². The van der Waals surface area contributed by atoms with Crippen LogP contribution in [-0.2, 0) is 0 Å². The number of aliphatic hydroxyl groups is 1. The fourth-order valence-electron chi connectivity index (χ4n) is 3.22. The molecule has 39 heavy (non-hydrogen) atoms. The molecule has 0 saturated carbocycles. The van der Waals surface area contributed by atoms with E-state index in [0.29, 0.717) is 12.8 Å². The van der Waals surface area contributed by atoms with Gasteiger partial charge in [0.1, 0.15) is 6.10 Å². The minimum absolute atomic E-state index is 0.146. The predicted octanol–water partition coefficient (Wildman–Crippen LogP) is 9.13. The van der Waals surface area contributed by atoms with Crippen LogP contribution in [0.4, 0.5) is 83.4 Å². The standard InChI is InChI=1S/C19H21F19O/c1-2-3-4-5-6-7-8-9-10(39)11(20,21)13(23,24)15(27,28)17(31,32)16(29,30)14(25,26)12(22,18(33,34)35)19(36,37)38/h10,39H,2-9H2,1H3. The van der Waals surface area contributed by atoms with E-state index in [2.05, 4.69) is 0 Å². The van der Waals surface area contributed by atoms with Crippen LogP contribution in [0.25, 0.3) is 0 Å². The Morgan fingerprint density at radius 2 is 0.744 bits per heavy atom. The van der Waals surface area contributed by atoms with Crippen LogP contribution in [0.3, 0.4) is 0 Å². The van der Waals surface area contributed by atoms with Crippen molar-refractivity contribution in [2.24, 2.45) is 0 Å². The maximum atomic E-state index is 13.9. The van der Waals surface area contributed by atoms with Crippen LogP contribution >= 0.6 is 0 Å². The molecule has 0 amide bonds. The first-order valence-corrected chi connectivity index (χ1v) is 10.8. The summed E-state index contributed by atoms with van der Waals surface area (Å²) in [5.74, 6) is -50.5. The molecule has 0 aliphatic heterocycles. The molecule has 236 valence electrons. The molecular weight excluding hydrogens is 605 g/mol. The number of hydrogen-bond donors (Lipinski definition) is 1. The zero-order chi connectivity index (χ0) is 31.7. The van der Waals surface area contributed by atoms with Crippen molar-refractivity contribution in [1.82, 2.24) is 0 Å². The largest absolute Gasteiger partial charge is 0.438 e. The molecule has 0 aromatic carbocycles. The Bertz CT molecular complexity index is 769. The van der Waals surface area contributed by atoms with Crippen molar-refractivity contribution in [2.45, 2.75) is 118 Å². The summed E-state index contributed by atoms with van der Waals surface area (Å²) < 4.78 is 253. The molecule has 0 radical (unpaired) electrons. The second kappa shape index (κ2) is 11.5. The van der Waals surface area contributed by atoms with Gasteiger partial charge in [0.05, 0.1) is 0 Å². The molecule has 0 fully saturated rings. The average molecular weight is 626 g/mol. The Balaban J connectivity index is 6.39. The van der Waals surface area contributed by atoms with Crippen LogP contribution in [0.15, 0.2) is 0 Å². The van der Waals surface area contributed by atoms with E-state index in [1.165, 1.54) is 0 Å². The number of alkyl halides is 19. The summed E-state index contributed by atoms with van der Waals surface area (Å²) >= 11 is 0. The highest BCUT2D eigenvalue weighted by Crippen LogP contribution is 2.66. The van der Waals surface area contributed by atoms with Gasteiger partial charge in [-0.25, -0.2) is 4.39 Å². The summed E-state index contributed by atoms with van der Waals surface area (Å²) in [6.07, 6.45) is -20.4. The first-order valence-electron chi connectivity index (χ1n) is 10.8. The Morgan fingerprint density at radius 1 is 0.436 bits per heavy atom. The van der Waals surface area contributed by atoms with Crippen LogP contribution in [-0.4, -0.2) is 64.8 Å². The molecule has 1 N–H and O–H groups in total. The first kappa shape index (κ1) is 37.6. The van der Waals surface area contributed by atoms with Gasteiger partial charge in [-0.2, -0.15) is 79.0 Å². The summed E-state index contributed by atoms with van der Waals surface area (Å²) in [6, 6.07) is 0. The quantitative estimate of drug-likeness (QED) is 0.142. The van der Waals surface area contributed by atoms with Crippen molar-refractivity contribution >= 4 is 0 Å². The first-order chi connectivity index (χ1) is 17.0. The van der Waals surface area contributed by atoms with Gasteiger partial charge in [-0.05, 0) is 6.42 Å². The third-order valence-corrected chi connectivity index (χ3v) is 5.71. The lowest BCUT2D eigenvalue weighted by Gasteiger charge is -2.45. The Labute approximate surface area is 207 Å². The molecule has 20 heteroatoms.